The second-order valence-corrected chi connectivity index (χ2v) is 2.59. The zero-order valence-electron chi connectivity index (χ0n) is 7.29. The van der Waals surface area contributed by atoms with Crippen LogP contribution in [0.3, 0.4) is 0 Å². The zero-order chi connectivity index (χ0) is 8.85. The molecule has 0 saturated carbocycles. The summed E-state index contributed by atoms with van der Waals surface area (Å²) in [5.41, 5.74) is 0. The highest BCUT2D eigenvalue weighted by atomic mass is 16.3. The van der Waals surface area contributed by atoms with Crippen molar-refractivity contribution in [2.45, 2.75) is 12.5 Å². The van der Waals surface area contributed by atoms with Gasteiger partial charge in [0.1, 0.15) is 0 Å². The maximum Gasteiger partial charge on any atom is 0.239 e. The standard InChI is InChI=1S/C7H16N2O2/c1-8-6(4-5-10)7(11)9(2)3/h6,8,10H,4-5H2,1-3H3. The van der Waals surface area contributed by atoms with Crippen molar-refractivity contribution in [3.05, 3.63) is 0 Å². The van der Waals surface area contributed by atoms with Crippen molar-refractivity contribution in [2.75, 3.05) is 27.7 Å². The molecule has 0 aliphatic rings. The molecule has 1 amide bonds. The van der Waals surface area contributed by atoms with Gasteiger partial charge in [-0.05, 0) is 13.5 Å². The summed E-state index contributed by atoms with van der Waals surface area (Å²) in [6.45, 7) is 0.0328. The molecule has 0 aliphatic carbocycles. The third-order valence-electron chi connectivity index (χ3n) is 1.51. The molecule has 0 saturated heterocycles. The lowest BCUT2D eigenvalue weighted by atomic mass is 10.2. The Hall–Kier alpha value is -0.610. The Morgan fingerprint density at radius 3 is 2.45 bits per heavy atom. The van der Waals surface area contributed by atoms with E-state index in [0.717, 1.165) is 0 Å². The van der Waals surface area contributed by atoms with E-state index in [9.17, 15) is 4.79 Å². The second kappa shape index (κ2) is 5.09. The minimum Gasteiger partial charge on any atom is -0.396 e. The van der Waals surface area contributed by atoms with Crippen LogP contribution in [-0.4, -0.2) is 49.7 Å². The molecular weight excluding hydrogens is 144 g/mol. The van der Waals surface area contributed by atoms with Crippen LogP contribution in [0.2, 0.25) is 0 Å². The van der Waals surface area contributed by atoms with Gasteiger partial charge in [0.05, 0.1) is 6.04 Å². The Kier molecular flexibility index (Phi) is 4.81. The maximum atomic E-state index is 11.2. The number of aliphatic hydroxyl groups is 1. The van der Waals surface area contributed by atoms with Gasteiger partial charge in [-0.25, -0.2) is 0 Å². The number of amides is 1. The molecule has 4 heteroatoms. The first-order valence-electron chi connectivity index (χ1n) is 3.62. The first-order chi connectivity index (χ1) is 5.13. The van der Waals surface area contributed by atoms with Gasteiger partial charge in [0.25, 0.3) is 0 Å². The van der Waals surface area contributed by atoms with Gasteiger partial charge in [-0.3, -0.25) is 4.79 Å². The van der Waals surface area contributed by atoms with Crippen LogP contribution in [0.1, 0.15) is 6.42 Å². The van der Waals surface area contributed by atoms with Gasteiger partial charge in [-0.1, -0.05) is 0 Å². The van der Waals surface area contributed by atoms with Gasteiger partial charge in [0.2, 0.25) is 5.91 Å². The number of carbonyl (C=O) groups is 1. The first kappa shape index (κ1) is 10.4. The molecule has 66 valence electrons. The van der Waals surface area contributed by atoms with Gasteiger partial charge in [-0.2, -0.15) is 0 Å². The van der Waals surface area contributed by atoms with Gasteiger partial charge >= 0.3 is 0 Å². The second-order valence-electron chi connectivity index (χ2n) is 2.59. The number of carbonyl (C=O) groups excluding carboxylic acids is 1. The van der Waals surface area contributed by atoms with E-state index in [0.29, 0.717) is 6.42 Å². The molecule has 1 atom stereocenters. The summed E-state index contributed by atoms with van der Waals surface area (Å²) in [6, 6.07) is -0.255. The summed E-state index contributed by atoms with van der Waals surface area (Å²) in [4.78, 5) is 12.7. The van der Waals surface area contributed by atoms with E-state index in [1.807, 2.05) is 0 Å². The number of hydrogen-bond donors (Lipinski definition) is 2. The minimum absolute atomic E-state index is 0.00144. The SMILES string of the molecule is CNC(CCO)C(=O)N(C)C. The molecule has 0 heterocycles. The van der Waals surface area contributed by atoms with Crippen LogP contribution in [0, 0.1) is 0 Å². The van der Waals surface area contributed by atoms with E-state index >= 15 is 0 Å². The third kappa shape index (κ3) is 3.34. The van der Waals surface area contributed by atoms with Crippen LogP contribution in [-0.2, 0) is 4.79 Å². The number of nitrogens with zero attached hydrogens (tertiary/aromatic N) is 1. The monoisotopic (exact) mass is 160 g/mol. The molecule has 0 fully saturated rings. The lowest BCUT2D eigenvalue weighted by molar-refractivity contribution is -0.131. The summed E-state index contributed by atoms with van der Waals surface area (Å²) in [6.07, 6.45) is 0.466. The van der Waals surface area contributed by atoms with Crippen molar-refractivity contribution in [1.82, 2.24) is 10.2 Å². The summed E-state index contributed by atoms with van der Waals surface area (Å²) in [5.74, 6) is 0.00144. The largest absolute Gasteiger partial charge is 0.396 e. The molecule has 0 rings (SSSR count). The van der Waals surface area contributed by atoms with Gasteiger partial charge in [-0.15, -0.1) is 0 Å². The highest BCUT2D eigenvalue weighted by Crippen LogP contribution is 1.93. The zero-order valence-corrected chi connectivity index (χ0v) is 7.29. The fourth-order valence-corrected chi connectivity index (χ4v) is 0.832. The van der Waals surface area contributed by atoms with Crippen molar-refractivity contribution in [1.29, 1.82) is 0 Å². The Bertz CT molecular complexity index is 126. The predicted molar refractivity (Wildman–Crippen MR) is 43.2 cm³/mol. The van der Waals surface area contributed by atoms with E-state index in [-0.39, 0.29) is 18.6 Å². The van der Waals surface area contributed by atoms with Crippen LogP contribution in [0.15, 0.2) is 0 Å². The number of nitrogens with one attached hydrogen (secondary N) is 1. The molecular formula is C7H16N2O2. The fraction of sp³-hybridized carbons (Fsp3) is 0.857. The molecule has 4 nitrogen and oxygen atoms in total. The number of rotatable bonds is 4. The molecule has 0 bridgehead atoms. The van der Waals surface area contributed by atoms with Crippen molar-refractivity contribution in [2.24, 2.45) is 0 Å². The molecule has 11 heavy (non-hydrogen) atoms. The summed E-state index contributed by atoms with van der Waals surface area (Å²) < 4.78 is 0. The Morgan fingerprint density at radius 1 is 1.64 bits per heavy atom. The molecule has 0 aromatic carbocycles. The van der Waals surface area contributed by atoms with Crippen molar-refractivity contribution in [3.8, 4) is 0 Å². The van der Waals surface area contributed by atoms with E-state index in [1.165, 1.54) is 4.90 Å². The summed E-state index contributed by atoms with van der Waals surface area (Å²) >= 11 is 0. The number of likely N-dealkylation sites (N-methyl/N-ethyl adjacent to an activating group) is 2. The molecule has 0 aromatic heterocycles. The van der Waals surface area contributed by atoms with E-state index in [1.54, 1.807) is 21.1 Å². The molecule has 2 N–H and O–H groups in total. The number of hydrogen-bond acceptors (Lipinski definition) is 3. The normalized spacial score (nSPS) is 12.7. The minimum atomic E-state index is -0.255. The highest BCUT2D eigenvalue weighted by Gasteiger charge is 2.16. The van der Waals surface area contributed by atoms with Gasteiger partial charge in [0.15, 0.2) is 0 Å². The average Bonchev–Trinajstić information content (AvgIpc) is 1.98. The molecule has 1 unspecified atom stereocenters. The molecule has 0 aliphatic heterocycles. The third-order valence-corrected chi connectivity index (χ3v) is 1.51. The Balaban J connectivity index is 3.92. The smallest absolute Gasteiger partial charge is 0.239 e. The Labute approximate surface area is 67.2 Å². The van der Waals surface area contributed by atoms with E-state index in [2.05, 4.69) is 5.32 Å². The van der Waals surface area contributed by atoms with Gasteiger partial charge < -0.3 is 15.3 Å². The van der Waals surface area contributed by atoms with Crippen molar-refractivity contribution >= 4 is 5.91 Å². The van der Waals surface area contributed by atoms with Crippen molar-refractivity contribution in [3.63, 3.8) is 0 Å². The molecule has 0 aromatic rings. The topological polar surface area (TPSA) is 52.6 Å². The van der Waals surface area contributed by atoms with Gasteiger partial charge in [0, 0.05) is 20.7 Å². The van der Waals surface area contributed by atoms with Crippen LogP contribution in [0.25, 0.3) is 0 Å². The summed E-state index contributed by atoms with van der Waals surface area (Å²) in [7, 11) is 5.11. The quantitative estimate of drug-likeness (QED) is 0.557. The van der Waals surface area contributed by atoms with Crippen LogP contribution in [0.4, 0.5) is 0 Å². The van der Waals surface area contributed by atoms with Crippen LogP contribution in [0.5, 0.6) is 0 Å². The van der Waals surface area contributed by atoms with Crippen molar-refractivity contribution < 1.29 is 9.90 Å². The molecule has 0 radical (unpaired) electrons. The van der Waals surface area contributed by atoms with Crippen LogP contribution >= 0.6 is 0 Å². The van der Waals surface area contributed by atoms with Crippen LogP contribution < -0.4 is 5.32 Å². The lowest BCUT2D eigenvalue weighted by Crippen LogP contribution is -2.42. The highest BCUT2D eigenvalue weighted by molar-refractivity contribution is 5.81. The summed E-state index contributed by atoms with van der Waals surface area (Å²) in [5, 5.41) is 11.4. The predicted octanol–water partition coefficient (Wildman–Crippen LogP) is -0.955. The Morgan fingerprint density at radius 2 is 2.18 bits per heavy atom. The van der Waals surface area contributed by atoms with E-state index in [4.69, 9.17) is 5.11 Å². The first-order valence-corrected chi connectivity index (χ1v) is 3.62. The lowest BCUT2D eigenvalue weighted by Gasteiger charge is -2.18. The maximum absolute atomic E-state index is 11.2. The molecule has 0 spiro atoms. The number of aliphatic hydroxyl groups excluding tert-OH is 1. The fourth-order valence-electron chi connectivity index (χ4n) is 0.832. The average molecular weight is 160 g/mol. The van der Waals surface area contributed by atoms with E-state index < -0.39 is 0 Å².